The maximum absolute atomic E-state index is 13.9. The fourth-order valence-corrected chi connectivity index (χ4v) is 6.44. The molecule has 0 saturated carbocycles. The number of halogens is 1. The fraction of sp³-hybridized carbons (Fsp3) is 0.528. The van der Waals surface area contributed by atoms with Crippen LogP contribution in [-0.4, -0.2) is 71.7 Å². The van der Waals surface area contributed by atoms with Crippen LogP contribution in [0.25, 0.3) is 0 Å². The molecule has 3 N–H and O–H groups in total. The third-order valence-corrected chi connectivity index (χ3v) is 8.85. The van der Waals surface area contributed by atoms with Gasteiger partial charge in [0.05, 0.1) is 25.7 Å². The van der Waals surface area contributed by atoms with Crippen molar-refractivity contribution in [3.8, 4) is 11.5 Å². The predicted octanol–water partition coefficient (Wildman–Crippen LogP) is 5.22. The SMILES string of the molecule is CCCCCCCCCCCC(=O)N(Cc1ccc(F)cc1)[C@@H]1C=C(C(=O)NCCO)[C@@H]2c3cc(C=O)cc(OC)c3O[C@@H]2[C@H]1O. The monoisotopic (exact) mass is 638 g/mol. The molecule has 1 aliphatic heterocycles. The number of aliphatic hydroxyl groups excluding tert-OH is 2. The number of carbonyl (C=O) groups excluding carboxylic acids is 3. The van der Waals surface area contributed by atoms with E-state index in [2.05, 4.69) is 12.2 Å². The lowest BCUT2D eigenvalue weighted by atomic mass is 9.77. The first-order valence-electron chi connectivity index (χ1n) is 16.5. The van der Waals surface area contributed by atoms with Gasteiger partial charge in [-0.25, -0.2) is 4.39 Å². The smallest absolute Gasteiger partial charge is 0.247 e. The first-order valence-corrected chi connectivity index (χ1v) is 16.5. The van der Waals surface area contributed by atoms with Gasteiger partial charge in [0.15, 0.2) is 11.5 Å². The Morgan fingerprint density at radius 3 is 2.35 bits per heavy atom. The van der Waals surface area contributed by atoms with Gasteiger partial charge in [-0.3, -0.25) is 14.4 Å². The minimum atomic E-state index is -1.25. The Kier molecular flexibility index (Phi) is 13.2. The van der Waals surface area contributed by atoms with Crippen molar-refractivity contribution in [2.24, 2.45) is 0 Å². The molecule has 4 rings (SSSR count). The van der Waals surface area contributed by atoms with Crippen molar-refractivity contribution in [1.82, 2.24) is 10.2 Å². The molecule has 10 heteroatoms. The maximum Gasteiger partial charge on any atom is 0.247 e. The number of amides is 2. The maximum atomic E-state index is 13.9. The zero-order chi connectivity index (χ0) is 33.1. The van der Waals surface area contributed by atoms with Gasteiger partial charge in [-0.2, -0.15) is 0 Å². The molecule has 0 spiro atoms. The lowest BCUT2D eigenvalue weighted by Crippen LogP contribution is -2.55. The molecule has 2 amide bonds. The van der Waals surface area contributed by atoms with Crippen molar-refractivity contribution in [1.29, 1.82) is 0 Å². The number of aldehydes is 1. The minimum absolute atomic E-state index is 0.00300. The van der Waals surface area contributed by atoms with Crippen LogP contribution in [0.3, 0.4) is 0 Å². The van der Waals surface area contributed by atoms with Gasteiger partial charge in [0.2, 0.25) is 11.8 Å². The highest BCUT2D eigenvalue weighted by molar-refractivity contribution is 5.96. The number of benzene rings is 2. The molecule has 1 heterocycles. The zero-order valence-electron chi connectivity index (χ0n) is 26.9. The van der Waals surface area contributed by atoms with Crippen LogP contribution in [0.2, 0.25) is 0 Å². The van der Waals surface area contributed by atoms with E-state index in [0.717, 1.165) is 19.3 Å². The van der Waals surface area contributed by atoms with Gasteiger partial charge >= 0.3 is 0 Å². The highest BCUT2D eigenvalue weighted by Gasteiger charge is 2.51. The van der Waals surface area contributed by atoms with Crippen molar-refractivity contribution < 1.29 is 38.5 Å². The molecule has 2 aromatic carbocycles. The van der Waals surface area contributed by atoms with Gasteiger partial charge in [0.1, 0.15) is 24.3 Å². The van der Waals surface area contributed by atoms with Gasteiger partial charge in [0, 0.05) is 36.2 Å². The summed E-state index contributed by atoms with van der Waals surface area (Å²) in [5.41, 5.74) is 1.75. The second kappa shape index (κ2) is 17.2. The molecule has 0 fully saturated rings. The predicted molar refractivity (Wildman–Crippen MR) is 172 cm³/mol. The van der Waals surface area contributed by atoms with Crippen molar-refractivity contribution in [3.63, 3.8) is 0 Å². The van der Waals surface area contributed by atoms with E-state index in [1.807, 2.05) is 0 Å². The lowest BCUT2D eigenvalue weighted by Gasteiger charge is -2.41. The number of aliphatic hydroxyl groups is 2. The molecule has 0 bridgehead atoms. The molecule has 1 aliphatic carbocycles. The molecule has 0 saturated heterocycles. The molecule has 250 valence electrons. The average Bonchev–Trinajstić information content (AvgIpc) is 3.46. The summed E-state index contributed by atoms with van der Waals surface area (Å²) in [4.78, 5) is 40.7. The van der Waals surface area contributed by atoms with Crippen molar-refractivity contribution in [2.45, 2.75) is 102 Å². The highest BCUT2D eigenvalue weighted by atomic mass is 19.1. The minimum Gasteiger partial charge on any atom is -0.493 e. The summed E-state index contributed by atoms with van der Waals surface area (Å²) < 4.78 is 25.5. The summed E-state index contributed by atoms with van der Waals surface area (Å²) in [6.07, 6.45) is 10.2. The van der Waals surface area contributed by atoms with E-state index in [1.54, 1.807) is 29.2 Å². The fourth-order valence-electron chi connectivity index (χ4n) is 6.44. The molecule has 9 nitrogen and oxygen atoms in total. The van der Waals surface area contributed by atoms with Crippen LogP contribution in [0.15, 0.2) is 48.0 Å². The number of fused-ring (bicyclic) bond motifs is 3. The lowest BCUT2D eigenvalue weighted by molar-refractivity contribution is -0.138. The number of hydrogen-bond donors (Lipinski definition) is 3. The molecule has 0 radical (unpaired) electrons. The summed E-state index contributed by atoms with van der Waals surface area (Å²) >= 11 is 0. The normalized spacial score (nSPS) is 19.8. The first-order chi connectivity index (χ1) is 22.3. The molecule has 2 aromatic rings. The zero-order valence-corrected chi connectivity index (χ0v) is 26.9. The summed E-state index contributed by atoms with van der Waals surface area (Å²) in [6.45, 7) is 2.01. The standard InChI is InChI=1S/C36H47FN2O7/c1-3-4-5-6-7-8-9-10-11-12-31(42)39(22-24-13-15-26(37)16-14-24)29-21-28(36(44)38-17-18-40)32-27-19-25(23-41)20-30(45-2)34(27)46-35(32)33(29)43/h13-16,19-21,23,29,32-33,35,40,43H,3-12,17-18,22H2,1-2H3,(H,38,44)/t29-,32+,33+,35+/m1/s1. The van der Waals surface area contributed by atoms with E-state index in [0.29, 0.717) is 35.1 Å². The van der Waals surface area contributed by atoms with E-state index in [4.69, 9.17) is 9.47 Å². The Labute approximate surface area is 270 Å². The van der Waals surface area contributed by atoms with Crippen LogP contribution in [0, 0.1) is 5.82 Å². The third kappa shape index (κ3) is 8.53. The van der Waals surface area contributed by atoms with Gasteiger partial charge in [-0.05, 0) is 42.3 Å². The first kappa shape index (κ1) is 35.1. The molecule has 2 aliphatic rings. The topological polar surface area (TPSA) is 125 Å². The summed E-state index contributed by atoms with van der Waals surface area (Å²) in [6, 6.07) is 8.03. The number of rotatable bonds is 18. The number of methoxy groups -OCH3 is 1. The van der Waals surface area contributed by atoms with E-state index in [-0.39, 0.29) is 43.3 Å². The Morgan fingerprint density at radius 1 is 1.04 bits per heavy atom. The van der Waals surface area contributed by atoms with Crippen LogP contribution in [0.1, 0.15) is 98.5 Å². The van der Waals surface area contributed by atoms with Crippen LogP contribution >= 0.6 is 0 Å². The third-order valence-electron chi connectivity index (χ3n) is 8.85. The van der Waals surface area contributed by atoms with Crippen LogP contribution < -0.4 is 14.8 Å². The average molecular weight is 639 g/mol. The van der Waals surface area contributed by atoms with E-state index < -0.39 is 35.9 Å². The van der Waals surface area contributed by atoms with Crippen LogP contribution in [0.4, 0.5) is 4.39 Å². The van der Waals surface area contributed by atoms with Gasteiger partial charge < -0.3 is 29.9 Å². The molecular formula is C36H47FN2O7. The molecule has 0 aromatic heterocycles. The number of hydrogen-bond acceptors (Lipinski definition) is 7. The van der Waals surface area contributed by atoms with E-state index >= 15 is 0 Å². The number of nitrogens with zero attached hydrogens (tertiary/aromatic N) is 1. The Morgan fingerprint density at radius 2 is 1.72 bits per heavy atom. The summed E-state index contributed by atoms with van der Waals surface area (Å²) in [7, 11) is 1.44. The van der Waals surface area contributed by atoms with E-state index in [9.17, 15) is 29.0 Å². The number of carbonyl (C=O) groups is 3. The Balaban J connectivity index is 1.62. The van der Waals surface area contributed by atoms with Gasteiger partial charge in [-0.1, -0.05) is 70.4 Å². The largest absolute Gasteiger partial charge is 0.493 e. The van der Waals surface area contributed by atoms with Gasteiger partial charge in [-0.15, -0.1) is 0 Å². The molecule has 0 unspecified atom stereocenters. The quantitative estimate of drug-likeness (QED) is 0.151. The second-order valence-electron chi connectivity index (χ2n) is 12.1. The van der Waals surface area contributed by atoms with Crippen LogP contribution in [-0.2, 0) is 16.1 Å². The Bertz CT molecular complexity index is 1360. The molecule has 46 heavy (non-hydrogen) atoms. The van der Waals surface area contributed by atoms with Gasteiger partial charge in [0.25, 0.3) is 0 Å². The summed E-state index contributed by atoms with van der Waals surface area (Å²) in [5.74, 6) is -1.24. The van der Waals surface area contributed by atoms with Crippen molar-refractivity contribution in [3.05, 3.63) is 70.6 Å². The van der Waals surface area contributed by atoms with Crippen molar-refractivity contribution in [2.75, 3.05) is 20.3 Å². The summed E-state index contributed by atoms with van der Waals surface area (Å²) in [5, 5.41) is 23.9. The van der Waals surface area contributed by atoms with Crippen LogP contribution in [0.5, 0.6) is 11.5 Å². The number of ether oxygens (including phenoxy) is 2. The van der Waals surface area contributed by atoms with E-state index in [1.165, 1.54) is 57.4 Å². The number of unbranched alkanes of at least 4 members (excludes halogenated alkanes) is 8. The highest BCUT2D eigenvalue weighted by Crippen LogP contribution is 2.51. The van der Waals surface area contributed by atoms with Crippen molar-refractivity contribution >= 4 is 18.1 Å². The Hall–Kier alpha value is -3.76. The number of nitrogens with one attached hydrogen (secondary N) is 1. The molecular weight excluding hydrogens is 591 g/mol. The molecule has 4 atom stereocenters. The second-order valence-corrected chi connectivity index (χ2v) is 12.1.